The number of hydrogen-bond donors (Lipinski definition) is 1. The van der Waals surface area contributed by atoms with Crippen LogP contribution in [0.2, 0.25) is 5.02 Å². The van der Waals surface area contributed by atoms with Gasteiger partial charge in [-0.2, -0.15) is 0 Å². The quantitative estimate of drug-likeness (QED) is 0.605. The van der Waals surface area contributed by atoms with Gasteiger partial charge in [-0.25, -0.2) is 4.79 Å². The van der Waals surface area contributed by atoms with Crippen LogP contribution in [0.5, 0.6) is 11.5 Å². The van der Waals surface area contributed by atoms with Crippen LogP contribution in [0.3, 0.4) is 0 Å². The van der Waals surface area contributed by atoms with Gasteiger partial charge in [-0.05, 0) is 35.9 Å². The van der Waals surface area contributed by atoms with Crippen molar-refractivity contribution in [2.24, 2.45) is 0 Å². The standard InChI is InChI=1S/C23H30ClN3O4/c1-26(8-14-30-22-7-3-5-20(24)17-22)23(28)25-18-19-4-2-6-21(16-19)31-15-11-27-9-12-29-13-10-27/h2-7,16-17H,8-15,18H2,1H3,(H,25,28). The molecular formula is C23H30ClN3O4. The Hall–Kier alpha value is -2.48. The monoisotopic (exact) mass is 447 g/mol. The highest BCUT2D eigenvalue weighted by molar-refractivity contribution is 6.30. The summed E-state index contributed by atoms with van der Waals surface area (Å²) < 4.78 is 16.9. The zero-order chi connectivity index (χ0) is 21.9. The highest BCUT2D eigenvalue weighted by atomic mass is 35.5. The Morgan fingerprint density at radius 1 is 1.10 bits per heavy atom. The first-order valence-electron chi connectivity index (χ1n) is 10.5. The van der Waals surface area contributed by atoms with Gasteiger partial charge in [0.1, 0.15) is 24.7 Å². The van der Waals surface area contributed by atoms with Crippen molar-refractivity contribution >= 4 is 17.6 Å². The topological polar surface area (TPSA) is 63.3 Å². The average molecular weight is 448 g/mol. The van der Waals surface area contributed by atoms with Crippen LogP contribution in [0.1, 0.15) is 5.56 Å². The Morgan fingerprint density at radius 2 is 1.81 bits per heavy atom. The smallest absolute Gasteiger partial charge is 0.317 e. The molecule has 1 N–H and O–H groups in total. The van der Waals surface area contributed by atoms with Crippen LogP contribution in [0.25, 0.3) is 0 Å². The van der Waals surface area contributed by atoms with E-state index in [4.69, 9.17) is 25.8 Å². The van der Waals surface area contributed by atoms with Crippen molar-refractivity contribution in [3.05, 3.63) is 59.1 Å². The fourth-order valence-corrected chi connectivity index (χ4v) is 3.31. The molecule has 2 amide bonds. The van der Waals surface area contributed by atoms with Crippen LogP contribution >= 0.6 is 11.6 Å². The molecule has 1 aliphatic heterocycles. The summed E-state index contributed by atoms with van der Waals surface area (Å²) >= 11 is 5.94. The molecule has 31 heavy (non-hydrogen) atoms. The van der Waals surface area contributed by atoms with Crippen molar-refractivity contribution in [2.75, 3.05) is 59.7 Å². The number of amides is 2. The first-order valence-corrected chi connectivity index (χ1v) is 10.9. The molecule has 2 aromatic rings. The van der Waals surface area contributed by atoms with Gasteiger partial charge in [-0.3, -0.25) is 4.90 Å². The molecule has 8 heteroatoms. The molecule has 0 aromatic heterocycles. The molecule has 1 heterocycles. The third-order valence-corrected chi connectivity index (χ3v) is 5.20. The van der Waals surface area contributed by atoms with Crippen LogP contribution in [0.4, 0.5) is 4.79 Å². The fraction of sp³-hybridized carbons (Fsp3) is 0.435. The van der Waals surface area contributed by atoms with Gasteiger partial charge in [0.25, 0.3) is 0 Å². The number of urea groups is 1. The van der Waals surface area contributed by atoms with E-state index < -0.39 is 0 Å². The van der Waals surface area contributed by atoms with Crippen LogP contribution in [0, 0.1) is 0 Å². The number of rotatable bonds is 10. The molecule has 1 fully saturated rings. The van der Waals surface area contributed by atoms with Crippen molar-refractivity contribution in [1.82, 2.24) is 15.1 Å². The number of likely N-dealkylation sites (N-methyl/N-ethyl adjacent to an activating group) is 1. The number of ether oxygens (including phenoxy) is 3. The van der Waals surface area contributed by atoms with Gasteiger partial charge in [-0.1, -0.05) is 29.8 Å². The van der Waals surface area contributed by atoms with E-state index >= 15 is 0 Å². The number of nitrogens with one attached hydrogen (secondary N) is 1. The average Bonchev–Trinajstić information content (AvgIpc) is 2.78. The number of nitrogens with zero attached hydrogens (tertiary/aromatic N) is 2. The van der Waals surface area contributed by atoms with Crippen molar-refractivity contribution in [2.45, 2.75) is 6.54 Å². The molecule has 168 valence electrons. The predicted molar refractivity (Wildman–Crippen MR) is 121 cm³/mol. The minimum absolute atomic E-state index is 0.159. The van der Waals surface area contributed by atoms with Gasteiger partial charge in [0, 0.05) is 38.2 Å². The Labute approximate surface area is 188 Å². The minimum atomic E-state index is -0.159. The predicted octanol–water partition coefficient (Wildman–Crippen LogP) is 3.27. The molecule has 0 bridgehead atoms. The molecule has 0 saturated carbocycles. The summed E-state index contributed by atoms with van der Waals surface area (Å²) in [6.07, 6.45) is 0. The second-order valence-electron chi connectivity index (χ2n) is 7.34. The van der Waals surface area contributed by atoms with E-state index in [1.54, 1.807) is 24.1 Å². The van der Waals surface area contributed by atoms with Gasteiger partial charge in [0.15, 0.2) is 0 Å². The summed E-state index contributed by atoms with van der Waals surface area (Å²) in [6, 6.07) is 14.8. The Bertz CT molecular complexity index is 830. The highest BCUT2D eigenvalue weighted by Crippen LogP contribution is 2.17. The zero-order valence-electron chi connectivity index (χ0n) is 17.9. The maximum atomic E-state index is 12.3. The Kier molecular flexibility index (Phi) is 9.27. The molecule has 0 radical (unpaired) electrons. The van der Waals surface area contributed by atoms with Crippen molar-refractivity contribution < 1.29 is 19.0 Å². The van der Waals surface area contributed by atoms with E-state index in [1.165, 1.54) is 0 Å². The lowest BCUT2D eigenvalue weighted by molar-refractivity contribution is 0.0322. The van der Waals surface area contributed by atoms with Crippen LogP contribution in [-0.4, -0.2) is 75.5 Å². The van der Waals surface area contributed by atoms with Crippen molar-refractivity contribution in [3.63, 3.8) is 0 Å². The van der Waals surface area contributed by atoms with E-state index in [0.717, 1.165) is 44.2 Å². The normalized spacial score (nSPS) is 14.1. The second kappa shape index (κ2) is 12.4. The molecule has 2 aromatic carbocycles. The van der Waals surface area contributed by atoms with E-state index in [1.807, 2.05) is 36.4 Å². The fourth-order valence-electron chi connectivity index (χ4n) is 3.13. The molecular weight excluding hydrogens is 418 g/mol. The van der Waals surface area contributed by atoms with Gasteiger partial charge in [-0.15, -0.1) is 0 Å². The van der Waals surface area contributed by atoms with Gasteiger partial charge < -0.3 is 24.4 Å². The molecule has 1 aliphatic rings. The summed E-state index contributed by atoms with van der Waals surface area (Å²) in [7, 11) is 1.74. The van der Waals surface area contributed by atoms with E-state index in [9.17, 15) is 4.79 Å². The molecule has 1 saturated heterocycles. The number of carbonyl (C=O) groups excluding carboxylic acids is 1. The second-order valence-corrected chi connectivity index (χ2v) is 7.77. The lowest BCUT2D eigenvalue weighted by Gasteiger charge is -2.26. The summed E-state index contributed by atoms with van der Waals surface area (Å²) in [5.74, 6) is 1.50. The number of carbonyl (C=O) groups is 1. The van der Waals surface area contributed by atoms with Crippen LogP contribution in [-0.2, 0) is 11.3 Å². The van der Waals surface area contributed by atoms with Crippen molar-refractivity contribution in [1.29, 1.82) is 0 Å². The maximum absolute atomic E-state index is 12.3. The number of hydrogen-bond acceptors (Lipinski definition) is 5. The Morgan fingerprint density at radius 3 is 2.58 bits per heavy atom. The zero-order valence-corrected chi connectivity index (χ0v) is 18.6. The first-order chi connectivity index (χ1) is 15.1. The summed E-state index contributed by atoms with van der Waals surface area (Å²) in [4.78, 5) is 16.3. The molecule has 0 aliphatic carbocycles. The molecule has 0 spiro atoms. The minimum Gasteiger partial charge on any atom is -0.492 e. The van der Waals surface area contributed by atoms with E-state index in [2.05, 4.69) is 10.2 Å². The van der Waals surface area contributed by atoms with Gasteiger partial charge in [0.2, 0.25) is 0 Å². The van der Waals surface area contributed by atoms with Crippen LogP contribution in [0.15, 0.2) is 48.5 Å². The molecule has 7 nitrogen and oxygen atoms in total. The summed E-state index contributed by atoms with van der Waals surface area (Å²) in [5, 5.41) is 3.55. The number of benzene rings is 2. The van der Waals surface area contributed by atoms with Crippen molar-refractivity contribution in [3.8, 4) is 11.5 Å². The third-order valence-electron chi connectivity index (χ3n) is 4.96. The summed E-state index contributed by atoms with van der Waals surface area (Å²) in [5.41, 5.74) is 0.987. The molecule has 0 unspecified atom stereocenters. The summed E-state index contributed by atoms with van der Waals surface area (Å²) in [6.45, 7) is 6.27. The lowest BCUT2D eigenvalue weighted by atomic mass is 10.2. The van der Waals surface area contributed by atoms with Gasteiger partial charge >= 0.3 is 6.03 Å². The lowest BCUT2D eigenvalue weighted by Crippen LogP contribution is -2.39. The first kappa shape index (κ1) is 23.2. The van der Waals surface area contributed by atoms with Gasteiger partial charge in [0.05, 0.1) is 19.8 Å². The Balaban J connectivity index is 1.35. The van der Waals surface area contributed by atoms with E-state index in [-0.39, 0.29) is 6.03 Å². The maximum Gasteiger partial charge on any atom is 0.317 e. The largest absolute Gasteiger partial charge is 0.492 e. The van der Waals surface area contributed by atoms with E-state index in [0.29, 0.717) is 37.1 Å². The molecule has 3 rings (SSSR count). The third kappa shape index (κ3) is 8.28. The number of halogens is 1. The SMILES string of the molecule is CN(CCOc1cccc(Cl)c1)C(=O)NCc1cccc(OCCN2CCOCC2)c1. The number of morpholine rings is 1. The molecule has 0 atom stereocenters. The highest BCUT2D eigenvalue weighted by Gasteiger charge is 2.11. The van der Waals surface area contributed by atoms with Crippen LogP contribution < -0.4 is 14.8 Å².